The van der Waals surface area contributed by atoms with Gasteiger partial charge in [0.1, 0.15) is 17.1 Å². The second-order valence-corrected chi connectivity index (χ2v) is 7.90. The van der Waals surface area contributed by atoms with E-state index in [-0.39, 0.29) is 22.4 Å². The molecule has 0 spiro atoms. The molecule has 1 fully saturated rings. The summed E-state index contributed by atoms with van der Waals surface area (Å²) in [7, 11) is 0. The maximum atomic E-state index is 13.3. The Bertz CT molecular complexity index is 1170. The van der Waals surface area contributed by atoms with Crippen molar-refractivity contribution in [3.05, 3.63) is 70.8 Å². The van der Waals surface area contributed by atoms with Crippen LogP contribution in [0.15, 0.2) is 48.5 Å². The number of carbonyl (C=O) groups is 2. The number of likely N-dealkylation sites (tertiary alicyclic amines) is 1. The monoisotopic (exact) mass is 419 g/mol. The summed E-state index contributed by atoms with van der Waals surface area (Å²) in [4.78, 5) is 26.7. The van der Waals surface area contributed by atoms with Gasteiger partial charge < -0.3 is 26.6 Å². The lowest BCUT2D eigenvalue weighted by molar-refractivity contribution is 0.0714. The molecule has 6 N–H and O–H groups in total. The Labute approximate surface area is 179 Å². The normalized spacial score (nSPS) is 14.7. The number of amides is 2. The summed E-state index contributed by atoms with van der Waals surface area (Å²) in [6.45, 7) is 1.65. The maximum Gasteiger partial charge on any atom is 0.256 e. The predicted molar refractivity (Wildman–Crippen MR) is 118 cm³/mol. The van der Waals surface area contributed by atoms with Crippen LogP contribution in [-0.2, 0) is 6.54 Å². The number of benzene rings is 3. The summed E-state index contributed by atoms with van der Waals surface area (Å²) in [5, 5.41) is 21.4. The minimum atomic E-state index is -0.959. The largest absolute Gasteiger partial charge is 0.507 e. The van der Waals surface area contributed by atoms with Gasteiger partial charge in [-0.05, 0) is 47.4 Å². The van der Waals surface area contributed by atoms with E-state index < -0.39 is 17.4 Å². The molecule has 1 aliphatic rings. The molecule has 1 saturated heterocycles. The Kier molecular flexibility index (Phi) is 5.52. The van der Waals surface area contributed by atoms with E-state index in [1.54, 1.807) is 23.1 Å². The van der Waals surface area contributed by atoms with Gasteiger partial charge in [-0.25, -0.2) is 0 Å². The highest BCUT2D eigenvalue weighted by molar-refractivity contribution is 6.13. The van der Waals surface area contributed by atoms with Crippen LogP contribution in [-0.4, -0.2) is 40.0 Å². The first-order valence-corrected chi connectivity index (χ1v) is 10.3. The minimum Gasteiger partial charge on any atom is -0.507 e. The van der Waals surface area contributed by atoms with Crippen molar-refractivity contribution in [1.29, 1.82) is 0 Å². The summed E-state index contributed by atoms with van der Waals surface area (Å²) in [5.41, 5.74) is 13.3. The van der Waals surface area contributed by atoms with Crippen LogP contribution >= 0.6 is 0 Å². The molecule has 0 unspecified atom stereocenters. The van der Waals surface area contributed by atoms with Crippen molar-refractivity contribution in [1.82, 2.24) is 4.90 Å². The number of nitrogens with zero attached hydrogens (tertiary/aromatic N) is 1. The Hall–Kier alpha value is -3.58. The molecule has 0 atom stereocenters. The number of hydrogen-bond donors (Lipinski definition) is 4. The number of carbonyl (C=O) groups excluding carboxylic acids is 2. The molecule has 160 valence electrons. The van der Waals surface area contributed by atoms with Gasteiger partial charge in [0.2, 0.25) is 0 Å². The van der Waals surface area contributed by atoms with Gasteiger partial charge in [-0.1, -0.05) is 36.4 Å². The molecule has 3 aromatic rings. The molecule has 0 aliphatic carbocycles. The summed E-state index contributed by atoms with van der Waals surface area (Å²) in [6.07, 6.45) is 1.65. The number of rotatable bonds is 4. The zero-order valence-corrected chi connectivity index (χ0v) is 17.0. The van der Waals surface area contributed by atoms with E-state index in [1.165, 1.54) is 11.6 Å². The van der Waals surface area contributed by atoms with Gasteiger partial charge in [-0.2, -0.15) is 0 Å². The molecule has 0 aromatic heterocycles. The lowest BCUT2D eigenvalue weighted by Gasteiger charge is -2.32. The Balaban J connectivity index is 1.61. The summed E-state index contributed by atoms with van der Waals surface area (Å²) >= 11 is 0. The maximum absolute atomic E-state index is 13.3. The highest BCUT2D eigenvalue weighted by Gasteiger charge is 2.27. The fraction of sp³-hybridized carbons (Fsp3) is 0.250. The van der Waals surface area contributed by atoms with E-state index in [9.17, 15) is 19.8 Å². The van der Waals surface area contributed by atoms with Gasteiger partial charge in [0, 0.05) is 25.0 Å². The van der Waals surface area contributed by atoms with E-state index in [0.29, 0.717) is 30.9 Å². The van der Waals surface area contributed by atoms with Gasteiger partial charge >= 0.3 is 0 Å². The average molecular weight is 419 g/mol. The Morgan fingerprint density at radius 2 is 1.74 bits per heavy atom. The number of piperidine rings is 1. The van der Waals surface area contributed by atoms with Gasteiger partial charge in [-0.15, -0.1) is 0 Å². The number of primary amides is 1. The molecule has 7 heteroatoms. The lowest BCUT2D eigenvalue weighted by atomic mass is 9.88. The third kappa shape index (κ3) is 3.80. The molecular weight excluding hydrogens is 394 g/mol. The van der Waals surface area contributed by atoms with Crippen molar-refractivity contribution in [2.75, 3.05) is 13.1 Å². The van der Waals surface area contributed by atoms with Crippen molar-refractivity contribution < 1.29 is 19.8 Å². The number of phenols is 2. The van der Waals surface area contributed by atoms with Crippen LogP contribution in [0, 0.1) is 0 Å². The third-order valence-corrected chi connectivity index (χ3v) is 6.04. The van der Waals surface area contributed by atoms with Crippen LogP contribution in [0.1, 0.15) is 50.6 Å². The van der Waals surface area contributed by atoms with Crippen LogP contribution in [0.25, 0.3) is 10.8 Å². The molecule has 3 aromatic carbocycles. The van der Waals surface area contributed by atoms with Crippen molar-refractivity contribution >= 4 is 22.6 Å². The highest BCUT2D eigenvalue weighted by atomic mass is 16.3. The van der Waals surface area contributed by atoms with E-state index in [1.807, 2.05) is 12.1 Å². The smallest absolute Gasteiger partial charge is 0.256 e. The molecular formula is C24H25N3O4. The highest BCUT2D eigenvalue weighted by Crippen LogP contribution is 2.38. The molecule has 4 rings (SSSR count). The first-order valence-electron chi connectivity index (χ1n) is 10.3. The topological polar surface area (TPSA) is 130 Å². The molecule has 31 heavy (non-hydrogen) atoms. The number of nitrogens with two attached hydrogens (primary N) is 2. The Morgan fingerprint density at radius 1 is 1.03 bits per heavy atom. The number of fused-ring (bicyclic) bond motifs is 1. The first kappa shape index (κ1) is 20.7. The van der Waals surface area contributed by atoms with Crippen LogP contribution < -0.4 is 11.5 Å². The van der Waals surface area contributed by atoms with Crippen molar-refractivity contribution in [2.24, 2.45) is 11.5 Å². The van der Waals surface area contributed by atoms with E-state index in [4.69, 9.17) is 11.5 Å². The summed E-state index contributed by atoms with van der Waals surface area (Å²) in [6, 6.07) is 14.5. The van der Waals surface area contributed by atoms with Crippen LogP contribution in [0.2, 0.25) is 0 Å². The number of hydrogen-bond acceptors (Lipinski definition) is 5. The van der Waals surface area contributed by atoms with Crippen LogP contribution in [0.3, 0.4) is 0 Å². The van der Waals surface area contributed by atoms with Crippen molar-refractivity contribution in [2.45, 2.75) is 25.3 Å². The van der Waals surface area contributed by atoms with Gasteiger partial charge in [-0.3, -0.25) is 9.59 Å². The fourth-order valence-electron chi connectivity index (χ4n) is 4.40. The van der Waals surface area contributed by atoms with E-state index in [2.05, 4.69) is 12.1 Å². The second kappa shape index (κ2) is 8.28. The average Bonchev–Trinajstić information content (AvgIpc) is 2.78. The van der Waals surface area contributed by atoms with Gasteiger partial charge in [0.15, 0.2) is 0 Å². The van der Waals surface area contributed by atoms with Gasteiger partial charge in [0.25, 0.3) is 11.8 Å². The van der Waals surface area contributed by atoms with Crippen molar-refractivity contribution in [3.8, 4) is 11.5 Å². The summed E-state index contributed by atoms with van der Waals surface area (Å²) in [5.74, 6) is -1.71. The number of aromatic hydroxyl groups is 2. The second-order valence-electron chi connectivity index (χ2n) is 7.90. The zero-order chi connectivity index (χ0) is 22.1. The van der Waals surface area contributed by atoms with Crippen LogP contribution in [0.4, 0.5) is 0 Å². The molecule has 7 nitrogen and oxygen atoms in total. The summed E-state index contributed by atoms with van der Waals surface area (Å²) < 4.78 is 0. The zero-order valence-electron chi connectivity index (χ0n) is 17.0. The standard InChI is InChI=1S/C24H25N3O4/c25-13-14-3-1-4-16(11-14)15-7-9-27(10-8-15)24(31)18-6-2-5-17-12-19(28)21(23(26)30)22(29)20(17)18/h1-6,11-12,15,28-29H,7-10,13,25H2,(H2,26,30). The molecule has 0 bridgehead atoms. The van der Waals surface area contributed by atoms with Gasteiger partial charge in [0.05, 0.1) is 5.56 Å². The quantitative estimate of drug-likeness (QED) is 0.517. The predicted octanol–water partition coefficient (Wildman–Crippen LogP) is 2.83. The minimum absolute atomic E-state index is 0.219. The third-order valence-electron chi connectivity index (χ3n) is 6.04. The molecule has 0 saturated carbocycles. The molecule has 1 heterocycles. The SMILES string of the molecule is NCc1cccc(C2CCN(C(=O)c3cccc4cc(O)c(C(N)=O)c(O)c34)CC2)c1. The fourth-order valence-corrected chi connectivity index (χ4v) is 4.40. The van der Waals surface area contributed by atoms with Crippen LogP contribution in [0.5, 0.6) is 11.5 Å². The lowest BCUT2D eigenvalue weighted by Crippen LogP contribution is -2.38. The van der Waals surface area contributed by atoms with E-state index in [0.717, 1.165) is 18.4 Å². The van der Waals surface area contributed by atoms with E-state index >= 15 is 0 Å². The Morgan fingerprint density at radius 3 is 2.42 bits per heavy atom. The molecule has 0 radical (unpaired) electrons. The molecule has 1 aliphatic heterocycles. The van der Waals surface area contributed by atoms with Crippen molar-refractivity contribution in [3.63, 3.8) is 0 Å². The first-order chi connectivity index (χ1) is 14.9. The molecule has 2 amide bonds.